The highest BCUT2D eigenvalue weighted by atomic mass is 32.1. The number of carbonyl (C=O) groups is 1. The molecule has 1 unspecified atom stereocenters. The number of nitrogens with one attached hydrogen (secondary N) is 2. The van der Waals surface area contributed by atoms with Crippen molar-refractivity contribution in [1.82, 2.24) is 15.5 Å². The zero-order valence-corrected chi connectivity index (χ0v) is 12.5. The van der Waals surface area contributed by atoms with Crippen LogP contribution in [0, 0.1) is 5.92 Å². The molecule has 20 heavy (non-hydrogen) atoms. The van der Waals surface area contributed by atoms with Crippen LogP contribution in [-0.4, -0.2) is 48.8 Å². The molecule has 112 valence electrons. The van der Waals surface area contributed by atoms with Crippen molar-refractivity contribution in [1.29, 1.82) is 0 Å². The van der Waals surface area contributed by atoms with Gasteiger partial charge in [0, 0.05) is 31.1 Å². The van der Waals surface area contributed by atoms with Crippen molar-refractivity contribution in [2.24, 2.45) is 5.92 Å². The third-order valence-electron chi connectivity index (χ3n) is 3.51. The molecule has 0 bridgehead atoms. The van der Waals surface area contributed by atoms with Gasteiger partial charge in [-0.05, 0) is 36.8 Å². The van der Waals surface area contributed by atoms with Crippen LogP contribution < -0.4 is 10.6 Å². The van der Waals surface area contributed by atoms with Gasteiger partial charge in [-0.2, -0.15) is 0 Å². The lowest BCUT2D eigenvalue weighted by atomic mass is 9.98. The topological polar surface area (TPSA) is 64.6 Å². The van der Waals surface area contributed by atoms with Crippen molar-refractivity contribution in [2.45, 2.75) is 19.4 Å². The van der Waals surface area contributed by atoms with Crippen LogP contribution in [-0.2, 0) is 6.54 Å². The lowest BCUT2D eigenvalue weighted by Crippen LogP contribution is -2.43. The first-order valence-corrected chi connectivity index (χ1v) is 8.03. The van der Waals surface area contributed by atoms with E-state index in [0.29, 0.717) is 19.0 Å². The standard InChI is InChI=1S/C14H23N3O2S/c18-7-5-15-14(19)16-9-12-3-1-6-17(10-12)11-13-4-2-8-20-13/h2,4,8,12,18H,1,3,5-7,9-11H2,(H2,15,16,19). The van der Waals surface area contributed by atoms with Crippen molar-refractivity contribution >= 4 is 17.4 Å². The Labute approximate surface area is 124 Å². The summed E-state index contributed by atoms with van der Waals surface area (Å²) in [5.74, 6) is 0.517. The van der Waals surface area contributed by atoms with Crippen LogP contribution in [0.15, 0.2) is 17.5 Å². The molecule has 0 aromatic carbocycles. The highest BCUT2D eigenvalue weighted by Gasteiger charge is 2.20. The molecule has 0 radical (unpaired) electrons. The molecular weight excluding hydrogens is 274 g/mol. The number of urea groups is 1. The summed E-state index contributed by atoms with van der Waals surface area (Å²) < 4.78 is 0. The minimum absolute atomic E-state index is 0.0224. The Morgan fingerprint density at radius 1 is 1.50 bits per heavy atom. The molecule has 1 aromatic rings. The molecular formula is C14H23N3O2S. The number of hydrogen-bond acceptors (Lipinski definition) is 4. The fraction of sp³-hybridized carbons (Fsp3) is 0.643. The van der Waals surface area contributed by atoms with Gasteiger partial charge in [-0.25, -0.2) is 4.79 Å². The highest BCUT2D eigenvalue weighted by molar-refractivity contribution is 7.09. The first kappa shape index (κ1) is 15.3. The Bertz CT molecular complexity index is 397. The fourth-order valence-corrected chi connectivity index (χ4v) is 3.30. The quantitative estimate of drug-likeness (QED) is 0.740. The molecule has 1 atom stereocenters. The first-order valence-electron chi connectivity index (χ1n) is 7.15. The summed E-state index contributed by atoms with van der Waals surface area (Å²) in [6.07, 6.45) is 2.36. The summed E-state index contributed by atoms with van der Waals surface area (Å²) >= 11 is 1.80. The molecule has 6 heteroatoms. The molecule has 1 fully saturated rings. The number of thiophene rings is 1. The van der Waals surface area contributed by atoms with E-state index in [2.05, 4.69) is 33.0 Å². The average molecular weight is 297 g/mol. The fourth-order valence-electron chi connectivity index (χ4n) is 2.55. The summed E-state index contributed by atoms with van der Waals surface area (Å²) in [7, 11) is 0. The molecule has 1 aliphatic rings. The molecule has 2 heterocycles. The van der Waals surface area contributed by atoms with Gasteiger partial charge in [-0.15, -0.1) is 11.3 Å². The van der Waals surface area contributed by atoms with E-state index in [1.54, 1.807) is 11.3 Å². The van der Waals surface area contributed by atoms with Crippen LogP contribution in [0.4, 0.5) is 4.79 Å². The third kappa shape index (κ3) is 5.11. The summed E-state index contributed by atoms with van der Waals surface area (Å²) in [6.45, 7) is 4.19. The summed E-state index contributed by atoms with van der Waals surface area (Å²) in [6, 6.07) is 4.08. The molecule has 0 spiro atoms. The van der Waals surface area contributed by atoms with Crippen LogP contribution in [0.5, 0.6) is 0 Å². The van der Waals surface area contributed by atoms with Crippen LogP contribution in [0.1, 0.15) is 17.7 Å². The monoisotopic (exact) mass is 297 g/mol. The summed E-state index contributed by atoms with van der Waals surface area (Å²) in [5, 5.41) is 16.2. The number of aliphatic hydroxyl groups excluding tert-OH is 1. The molecule has 1 aliphatic heterocycles. The normalized spacial score (nSPS) is 19.8. The lowest BCUT2D eigenvalue weighted by molar-refractivity contribution is 0.166. The highest BCUT2D eigenvalue weighted by Crippen LogP contribution is 2.19. The van der Waals surface area contributed by atoms with Gasteiger partial charge in [0.2, 0.25) is 0 Å². The molecule has 3 N–H and O–H groups in total. The summed E-state index contributed by atoms with van der Waals surface area (Å²) in [5.41, 5.74) is 0. The molecule has 0 saturated carbocycles. The Hall–Kier alpha value is -1.11. The van der Waals surface area contributed by atoms with E-state index in [1.807, 2.05) is 0 Å². The van der Waals surface area contributed by atoms with Gasteiger partial charge in [0.1, 0.15) is 0 Å². The SMILES string of the molecule is O=C(NCCO)NCC1CCCN(Cc2cccs2)C1. The zero-order chi connectivity index (χ0) is 14.2. The second-order valence-corrected chi connectivity index (χ2v) is 6.22. The number of hydrogen-bond donors (Lipinski definition) is 3. The van der Waals surface area contributed by atoms with E-state index in [1.165, 1.54) is 17.7 Å². The molecule has 2 rings (SSSR count). The molecule has 1 aromatic heterocycles. The van der Waals surface area contributed by atoms with Crippen LogP contribution in [0.25, 0.3) is 0 Å². The summed E-state index contributed by atoms with van der Waals surface area (Å²) in [4.78, 5) is 15.3. The number of piperidine rings is 1. The number of aliphatic hydroxyl groups is 1. The lowest BCUT2D eigenvalue weighted by Gasteiger charge is -2.32. The van der Waals surface area contributed by atoms with Crippen molar-refractivity contribution in [3.05, 3.63) is 22.4 Å². The molecule has 1 saturated heterocycles. The zero-order valence-electron chi connectivity index (χ0n) is 11.7. The predicted molar refractivity (Wildman–Crippen MR) is 80.8 cm³/mol. The van der Waals surface area contributed by atoms with E-state index in [9.17, 15) is 4.79 Å². The maximum atomic E-state index is 11.4. The number of likely N-dealkylation sites (tertiary alicyclic amines) is 1. The van der Waals surface area contributed by atoms with Gasteiger partial charge >= 0.3 is 6.03 Å². The first-order chi connectivity index (χ1) is 9.78. The Balaban J connectivity index is 1.69. The Morgan fingerprint density at radius 2 is 2.40 bits per heavy atom. The number of rotatable bonds is 6. The van der Waals surface area contributed by atoms with Crippen LogP contribution in [0.2, 0.25) is 0 Å². The minimum atomic E-state index is -0.186. The van der Waals surface area contributed by atoms with Crippen molar-refractivity contribution < 1.29 is 9.90 Å². The molecule has 2 amide bonds. The smallest absolute Gasteiger partial charge is 0.314 e. The number of carbonyl (C=O) groups excluding carboxylic acids is 1. The van der Waals surface area contributed by atoms with Gasteiger partial charge in [0.15, 0.2) is 0 Å². The maximum absolute atomic E-state index is 11.4. The van der Waals surface area contributed by atoms with Crippen LogP contribution in [0.3, 0.4) is 0 Å². The number of nitrogens with zero attached hydrogens (tertiary/aromatic N) is 1. The third-order valence-corrected chi connectivity index (χ3v) is 4.37. The Morgan fingerprint density at radius 3 is 3.15 bits per heavy atom. The van der Waals surface area contributed by atoms with Gasteiger partial charge < -0.3 is 15.7 Å². The van der Waals surface area contributed by atoms with Crippen LogP contribution >= 0.6 is 11.3 Å². The van der Waals surface area contributed by atoms with Crippen molar-refractivity contribution in [2.75, 3.05) is 32.8 Å². The van der Waals surface area contributed by atoms with Crippen molar-refractivity contribution in [3.8, 4) is 0 Å². The van der Waals surface area contributed by atoms with E-state index in [-0.39, 0.29) is 12.6 Å². The van der Waals surface area contributed by atoms with E-state index < -0.39 is 0 Å². The number of amides is 2. The van der Waals surface area contributed by atoms with Gasteiger partial charge in [0.05, 0.1) is 6.61 Å². The molecule has 5 nitrogen and oxygen atoms in total. The maximum Gasteiger partial charge on any atom is 0.314 e. The Kier molecular flexibility index (Phi) is 6.29. The predicted octanol–water partition coefficient (Wildman–Crippen LogP) is 1.25. The van der Waals surface area contributed by atoms with E-state index in [0.717, 1.165) is 19.6 Å². The second-order valence-electron chi connectivity index (χ2n) is 5.18. The minimum Gasteiger partial charge on any atom is -0.395 e. The van der Waals surface area contributed by atoms with E-state index in [4.69, 9.17) is 5.11 Å². The molecule has 0 aliphatic carbocycles. The van der Waals surface area contributed by atoms with Gasteiger partial charge in [-0.1, -0.05) is 6.07 Å². The van der Waals surface area contributed by atoms with Gasteiger partial charge in [0.25, 0.3) is 0 Å². The van der Waals surface area contributed by atoms with Gasteiger partial charge in [-0.3, -0.25) is 4.90 Å². The van der Waals surface area contributed by atoms with E-state index >= 15 is 0 Å². The largest absolute Gasteiger partial charge is 0.395 e. The average Bonchev–Trinajstić information content (AvgIpc) is 2.96. The second kappa shape index (κ2) is 8.24. The van der Waals surface area contributed by atoms with Crippen molar-refractivity contribution in [3.63, 3.8) is 0 Å².